The Morgan fingerprint density at radius 1 is 0.580 bits per heavy atom. The molecule has 8 rings (SSSR count). The van der Waals surface area contributed by atoms with E-state index in [0.29, 0.717) is 0 Å². The molecule has 252 valence electrons. The van der Waals surface area contributed by atoms with Crippen LogP contribution in [0.1, 0.15) is 52.7 Å². The summed E-state index contributed by atoms with van der Waals surface area (Å²) in [7, 11) is 0. The molecule has 0 saturated carbocycles. The van der Waals surface area contributed by atoms with Crippen LogP contribution >= 0.6 is 11.8 Å². The summed E-state index contributed by atoms with van der Waals surface area (Å²) in [5.74, 6) is 0.908. The minimum atomic E-state index is 0.0145. The Labute approximate surface area is 308 Å². The van der Waals surface area contributed by atoms with Crippen molar-refractivity contribution in [3.8, 4) is 17.2 Å². The zero-order valence-corrected chi connectivity index (χ0v) is 32.1. The van der Waals surface area contributed by atoms with E-state index in [-0.39, 0.29) is 10.8 Å². The summed E-state index contributed by atoms with van der Waals surface area (Å²) in [5.41, 5.74) is 9.24. The molecule has 50 heavy (non-hydrogen) atoms. The number of aromatic nitrogens is 4. The van der Waals surface area contributed by atoms with Crippen LogP contribution in [0.5, 0.6) is 0 Å². The first-order valence-corrected chi connectivity index (χ1v) is 18.8. The van der Waals surface area contributed by atoms with E-state index in [2.05, 4.69) is 202 Å². The van der Waals surface area contributed by atoms with E-state index in [4.69, 9.17) is 4.98 Å². The van der Waals surface area contributed by atoms with Crippen LogP contribution in [0, 0.1) is 15.9 Å². The maximum atomic E-state index is 4.85. The fourth-order valence-corrected chi connectivity index (χ4v) is 8.56. The number of hydrogen-bond acceptors (Lipinski definition) is 2. The maximum absolute atomic E-state index is 4.85. The molecular weight excluding hydrogens is 812 g/mol. The molecule has 0 fully saturated rings. The molecule has 0 N–H and O–H groups in total. The predicted octanol–water partition coefficient (Wildman–Crippen LogP) is 11.3. The van der Waals surface area contributed by atoms with Crippen molar-refractivity contribution in [3.63, 3.8) is 0 Å². The zero-order chi connectivity index (χ0) is 34.8. The molecule has 3 heterocycles. The zero-order valence-electron chi connectivity index (χ0n) is 29.1. The summed E-state index contributed by atoms with van der Waals surface area (Å²) < 4.78 is 8.01. The molecule has 6 heteroatoms. The van der Waals surface area contributed by atoms with Crippen molar-refractivity contribution in [3.05, 3.63) is 149 Å². The van der Waals surface area contributed by atoms with E-state index in [1.807, 2.05) is 6.20 Å². The minimum absolute atomic E-state index is 0.0145. The molecular formula is C44H38N4PtS-2. The summed E-state index contributed by atoms with van der Waals surface area (Å²) >= 11 is 4.15. The second-order valence-electron chi connectivity index (χ2n) is 14.8. The van der Waals surface area contributed by atoms with E-state index in [1.165, 1.54) is 21.9 Å². The SMILES string of the molecule is CC(C)(C)c1cccc(-n2[c](=[Pt])n(-c3[c-]c(Sc4[c-]c5c(cc4)c4ccccc4n5-c4cc(C(C)(C)C)ccn4)ccc3)c3ccccc32)c1. The topological polar surface area (TPSA) is 27.7 Å². The molecule has 0 saturated heterocycles. The monoisotopic (exact) mass is 849 g/mol. The van der Waals surface area contributed by atoms with Crippen molar-refractivity contribution in [2.45, 2.75) is 62.2 Å². The van der Waals surface area contributed by atoms with Gasteiger partial charge in [0.25, 0.3) is 0 Å². The molecule has 0 spiro atoms. The Morgan fingerprint density at radius 3 is 2.00 bits per heavy atom. The molecule has 0 unspecified atom stereocenters. The van der Waals surface area contributed by atoms with Gasteiger partial charge in [0.1, 0.15) is 0 Å². The number of fused-ring (bicyclic) bond motifs is 4. The molecule has 0 aliphatic rings. The van der Waals surface area contributed by atoms with Gasteiger partial charge in [-0.25, -0.2) is 0 Å². The van der Waals surface area contributed by atoms with Crippen molar-refractivity contribution in [2.75, 3.05) is 0 Å². The Balaban J connectivity index is 1.22. The number of para-hydroxylation sites is 3. The van der Waals surface area contributed by atoms with Gasteiger partial charge in [-0.15, -0.1) is 0 Å². The molecule has 0 aliphatic carbocycles. The average Bonchev–Trinajstić information content (AvgIpc) is 3.58. The van der Waals surface area contributed by atoms with E-state index < -0.39 is 0 Å². The van der Waals surface area contributed by atoms with Gasteiger partial charge in [-0.2, -0.15) is 0 Å². The first-order valence-electron chi connectivity index (χ1n) is 16.9. The Kier molecular flexibility index (Phi) is 8.12. The van der Waals surface area contributed by atoms with Crippen LogP contribution in [0.15, 0.2) is 131 Å². The van der Waals surface area contributed by atoms with Crippen molar-refractivity contribution < 1.29 is 19.4 Å². The quantitative estimate of drug-likeness (QED) is 0.161. The van der Waals surface area contributed by atoms with E-state index in [0.717, 1.165) is 52.9 Å². The van der Waals surface area contributed by atoms with Crippen molar-refractivity contribution >= 4 is 44.6 Å². The number of rotatable bonds is 5. The van der Waals surface area contributed by atoms with Gasteiger partial charge >= 0.3 is 254 Å². The summed E-state index contributed by atoms with van der Waals surface area (Å²) in [4.78, 5) is 6.91. The molecule has 0 aliphatic heterocycles. The van der Waals surface area contributed by atoms with Crippen molar-refractivity contribution in [1.82, 2.24) is 18.7 Å². The second kappa shape index (κ2) is 12.4. The fourth-order valence-electron chi connectivity index (χ4n) is 6.62. The van der Waals surface area contributed by atoms with Crippen LogP contribution in [0.25, 0.3) is 50.0 Å². The average molecular weight is 850 g/mol. The van der Waals surface area contributed by atoms with Crippen LogP contribution in [-0.2, 0) is 30.2 Å². The number of benzene rings is 5. The molecule has 0 radical (unpaired) electrons. The van der Waals surface area contributed by atoms with E-state index >= 15 is 0 Å². The normalized spacial score (nSPS) is 12.4. The molecule has 8 aromatic rings. The van der Waals surface area contributed by atoms with Gasteiger partial charge in [-0.1, -0.05) is 32.9 Å². The predicted molar refractivity (Wildman–Crippen MR) is 204 cm³/mol. The van der Waals surface area contributed by atoms with Gasteiger partial charge in [0, 0.05) is 6.20 Å². The van der Waals surface area contributed by atoms with Gasteiger partial charge in [0.05, 0.1) is 0 Å². The standard InChI is InChI=1S/C44H38N4S.Pt/c1-43(2,3)30-13-11-14-32(25-30)46-29-47(40-20-10-9-19-39(40)46)33-15-12-16-34(27-33)49-35-21-22-37-36-17-7-8-18-38(36)48(41(37)28-35)42-26-31(23-24-45-42)44(4,5)6;/h7-26H,1-6H3;/q-2;. The summed E-state index contributed by atoms with van der Waals surface area (Å²) in [6, 6.07) is 48.8. The molecule has 4 nitrogen and oxygen atoms in total. The first-order chi connectivity index (χ1) is 24.0. The molecule has 0 bridgehead atoms. The summed E-state index contributed by atoms with van der Waals surface area (Å²) in [5, 5.41) is 2.36. The van der Waals surface area contributed by atoms with Gasteiger partial charge in [0.2, 0.25) is 0 Å². The second-order valence-corrected chi connectivity index (χ2v) is 16.9. The fraction of sp³-hybridized carbons (Fsp3) is 0.182. The third kappa shape index (κ3) is 5.81. The van der Waals surface area contributed by atoms with E-state index in [9.17, 15) is 0 Å². The number of hydrogen-bond donors (Lipinski definition) is 0. The Morgan fingerprint density at radius 2 is 1.24 bits per heavy atom. The van der Waals surface area contributed by atoms with Gasteiger partial charge in [-0.3, -0.25) is 0 Å². The number of imidazole rings is 1. The summed E-state index contributed by atoms with van der Waals surface area (Å²) in [6.07, 6.45) is 1.92. The third-order valence-corrected chi connectivity index (χ3v) is 11.2. The van der Waals surface area contributed by atoms with Crippen LogP contribution in [0.4, 0.5) is 0 Å². The van der Waals surface area contributed by atoms with Crippen LogP contribution in [0.2, 0.25) is 0 Å². The Hall–Kier alpha value is -4.44. The van der Waals surface area contributed by atoms with Crippen LogP contribution < -0.4 is 0 Å². The molecule has 3 aromatic heterocycles. The Bertz CT molecular complexity index is 2630. The summed E-state index contributed by atoms with van der Waals surface area (Å²) in [6.45, 7) is 13.5. The first kappa shape index (κ1) is 32.7. The molecule has 0 amide bonds. The number of pyridine rings is 1. The van der Waals surface area contributed by atoms with Crippen LogP contribution in [0.3, 0.4) is 0 Å². The van der Waals surface area contributed by atoms with E-state index in [1.54, 1.807) is 11.8 Å². The van der Waals surface area contributed by atoms with Crippen molar-refractivity contribution in [1.29, 1.82) is 0 Å². The van der Waals surface area contributed by atoms with Gasteiger partial charge in [-0.05, 0) is 17.0 Å². The van der Waals surface area contributed by atoms with Gasteiger partial charge in [0.15, 0.2) is 0 Å². The molecule has 5 aromatic carbocycles. The number of nitrogens with zero attached hydrogens (tertiary/aromatic N) is 4. The third-order valence-electron chi connectivity index (χ3n) is 9.29. The molecule has 0 atom stereocenters. The van der Waals surface area contributed by atoms with Crippen molar-refractivity contribution in [2.24, 2.45) is 0 Å². The van der Waals surface area contributed by atoms with Crippen LogP contribution in [-0.4, -0.2) is 18.7 Å². The van der Waals surface area contributed by atoms with Gasteiger partial charge < -0.3 is 0 Å².